The van der Waals surface area contributed by atoms with Gasteiger partial charge >= 0.3 is 5.97 Å². The molecule has 0 amide bonds. The molecule has 0 radical (unpaired) electrons. The van der Waals surface area contributed by atoms with Crippen LogP contribution in [0.25, 0.3) is 0 Å². The zero-order chi connectivity index (χ0) is 18.0. The third-order valence-corrected chi connectivity index (χ3v) is 5.00. The molecule has 1 rings (SSSR count). The van der Waals surface area contributed by atoms with Gasteiger partial charge in [0.25, 0.3) is 0 Å². The number of carbonyl (C=O) groups is 1. The molecule has 1 heterocycles. The summed E-state index contributed by atoms with van der Waals surface area (Å²) in [6.07, 6.45) is 14.2. The first-order valence-electron chi connectivity index (χ1n) is 9.40. The number of hydrogen-bond acceptors (Lipinski definition) is 3. The number of aliphatic carboxylic acids is 1. The molecule has 0 aromatic heterocycles. The Morgan fingerprint density at radius 1 is 1.29 bits per heavy atom. The van der Waals surface area contributed by atoms with Crippen LogP contribution in [-0.2, 0) is 14.6 Å². The molecular formula is C20H34O4. The van der Waals surface area contributed by atoms with Gasteiger partial charge in [-0.05, 0) is 43.9 Å². The summed E-state index contributed by atoms with van der Waals surface area (Å²) in [4.78, 5) is 22.2. The Morgan fingerprint density at radius 3 is 2.58 bits per heavy atom. The maximum Gasteiger partial charge on any atom is 0.306 e. The second kappa shape index (κ2) is 10.7. The molecule has 1 saturated heterocycles. The van der Waals surface area contributed by atoms with Crippen LogP contribution in [0.1, 0.15) is 72.6 Å². The fourth-order valence-electron chi connectivity index (χ4n) is 3.21. The molecule has 4 atom stereocenters. The molecular weight excluding hydrogens is 304 g/mol. The van der Waals surface area contributed by atoms with Crippen LogP contribution in [0.15, 0.2) is 24.3 Å². The third-order valence-electron chi connectivity index (χ3n) is 5.00. The van der Waals surface area contributed by atoms with Crippen molar-refractivity contribution in [3.63, 3.8) is 0 Å². The number of carboxylic acids is 1. The molecule has 4 nitrogen and oxygen atoms in total. The van der Waals surface area contributed by atoms with Crippen LogP contribution in [0.3, 0.4) is 0 Å². The van der Waals surface area contributed by atoms with E-state index in [-0.39, 0.29) is 18.4 Å². The Labute approximate surface area is 146 Å². The normalized spacial score (nSPS) is 29.3. The van der Waals surface area contributed by atoms with Crippen LogP contribution in [0.5, 0.6) is 0 Å². The van der Waals surface area contributed by atoms with Crippen molar-refractivity contribution in [2.24, 2.45) is 11.8 Å². The maximum absolute atomic E-state index is 11.0. The Bertz CT molecular complexity index is 429. The van der Waals surface area contributed by atoms with E-state index < -0.39 is 11.6 Å². The first-order valence-corrected chi connectivity index (χ1v) is 9.40. The van der Waals surface area contributed by atoms with Gasteiger partial charge in [-0.3, -0.25) is 4.79 Å². The van der Waals surface area contributed by atoms with Crippen LogP contribution in [0.4, 0.5) is 0 Å². The quantitative estimate of drug-likeness (QED) is 0.434. The molecule has 138 valence electrons. The number of allylic oxidation sites excluding steroid dienone is 3. The van der Waals surface area contributed by atoms with E-state index in [0.717, 1.165) is 38.5 Å². The highest BCUT2D eigenvalue weighted by Gasteiger charge is 2.41. The van der Waals surface area contributed by atoms with Gasteiger partial charge in [0.2, 0.25) is 0 Å². The van der Waals surface area contributed by atoms with Gasteiger partial charge in [-0.2, -0.15) is 0 Å². The number of rotatable bonds is 10. The van der Waals surface area contributed by atoms with E-state index in [4.69, 9.17) is 14.9 Å². The van der Waals surface area contributed by atoms with Gasteiger partial charge in [-0.15, -0.1) is 0 Å². The van der Waals surface area contributed by atoms with Crippen molar-refractivity contribution >= 4 is 5.97 Å². The van der Waals surface area contributed by atoms with E-state index in [1.165, 1.54) is 0 Å². The zero-order valence-corrected chi connectivity index (χ0v) is 15.7. The molecule has 0 aromatic rings. The van der Waals surface area contributed by atoms with E-state index in [1.54, 1.807) is 0 Å². The molecule has 1 aliphatic rings. The molecule has 0 bridgehead atoms. The Balaban J connectivity index is 2.71. The predicted molar refractivity (Wildman–Crippen MR) is 96.6 cm³/mol. The van der Waals surface area contributed by atoms with E-state index in [1.807, 2.05) is 0 Å². The summed E-state index contributed by atoms with van der Waals surface area (Å²) >= 11 is 0. The summed E-state index contributed by atoms with van der Waals surface area (Å²) < 4.78 is 0. The summed E-state index contributed by atoms with van der Waals surface area (Å²) in [5, 5.41) is 9.01. The topological polar surface area (TPSA) is 55.8 Å². The summed E-state index contributed by atoms with van der Waals surface area (Å²) in [5.41, 5.74) is -0.428. The van der Waals surface area contributed by atoms with Crippen LogP contribution in [-0.4, -0.2) is 22.8 Å². The van der Waals surface area contributed by atoms with Gasteiger partial charge in [0, 0.05) is 0 Å². The van der Waals surface area contributed by atoms with Gasteiger partial charge in [0.15, 0.2) is 0 Å². The average Bonchev–Trinajstić information content (AvgIpc) is 2.58. The van der Waals surface area contributed by atoms with Crippen molar-refractivity contribution in [2.75, 3.05) is 0 Å². The third kappa shape index (κ3) is 6.40. The second-order valence-corrected chi connectivity index (χ2v) is 6.75. The second-order valence-electron chi connectivity index (χ2n) is 6.75. The highest BCUT2D eigenvalue weighted by atomic mass is 17.2. The van der Waals surface area contributed by atoms with E-state index in [9.17, 15) is 4.79 Å². The standard InChI is InChI=1S/C20H34O4/c1-5-9-11-16(6-2)12-10-13-20(8-4)15-17(7-3)18(23-24-20)14-19(21)22/h9-11,13,16-18H,5-8,12,14-15H2,1-4H3,(H,21,22)/b11-9+,13-10+/t16-,17?,18?,20?/m0/s1. The lowest BCUT2D eigenvalue weighted by Crippen LogP contribution is -2.44. The Hall–Kier alpha value is -1.13. The molecule has 0 aromatic carbocycles. The maximum atomic E-state index is 11.0. The lowest BCUT2D eigenvalue weighted by Gasteiger charge is -2.40. The van der Waals surface area contributed by atoms with Crippen molar-refractivity contribution in [1.29, 1.82) is 0 Å². The first-order chi connectivity index (χ1) is 11.5. The van der Waals surface area contributed by atoms with E-state index in [2.05, 4.69) is 52.0 Å². The van der Waals surface area contributed by atoms with Gasteiger partial charge < -0.3 is 5.11 Å². The van der Waals surface area contributed by atoms with Crippen LogP contribution in [0, 0.1) is 11.8 Å². The molecule has 24 heavy (non-hydrogen) atoms. The molecule has 1 N–H and O–H groups in total. The van der Waals surface area contributed by atoms with Crippen molar-refractivity contribution in [1.82, 2.24) is 0 Å². The minimum atomic E-state index is -0.838. The van der Waals surface area contributed by atoms with Gasteiger partial charge in [-0.1, -0.05) is 58.4 Å². The largest absolute Gasteiger partial charge is 0.481 e. The molecule has 3 unspecified atom stereocenters. The van der Waals surface area contributed by atoms with Crippen molar-refractivity contribution in [3.8, 4) is 0 Å². The fraction of sp³-hybridized carbons (Fsp3) is 0.750. The van der Waals surface area contributed by atoms with Gasteiger partial charge in [0.1, 0.15) is 11.7 Å². The lowest BCUT2D eigenvalue weighted by molar-refractivity contribution is -0.409. The summed E-state index contributed by atoms with van der Waals surface area (Å²) in [5.74, 6) is -0.0714. The molecule has 0 saturated carbocycles. The van der Waals surface area contributed by atoms with Crippen LogP contribution in [0.2, 0.25) is 0 Å². The molecule has 1 fully saturated rings. The highest BCUT2D eigenvalue weighted by molar-refractivity contribution is 5.67. The average molecular weight is 338 g/mol. The Morgan fingerprint density at radius 2 is 2.04 bits per heavy atom. The predicted octanol–water partition coefficient (Wildman–Crippen LogP) is 5.30. The Kier molecular flexibility index (Phi) is 9.30. The van der Waals surface area contributed by atoms with Gasteiger partial charge in [-0.25, -0.2) is 9.78 Å². The molecule has 4 heteroatoms. The summed E-state index contributed by atoms with van der Waals surface area (Å²) in [6, 6.07) is 0. The minimum Gasteiger partial charge on any atom is -0.481 e. The first kappa shape index (κ1) is 20.9. The van der Waals surface area contributed by atoms with Crippen molar-refractivity contribution < 1.29 is 19.7 Å². The molecule has 0 spiro atoms. The molecule has 1 aliphatic heterocycles. The highest BCUT2D eigenvalue weighted by Crippen LogP contribution is 2.38. The minimum absolute atomic E-state index is 0.00172. The van der Waals surface area contributed by atoms with Crippen molar-refractivity contribution in [3.05, 3.63) is 24.3 Å². The van der Waals surface area contributed by atoms with Gasteiger partial charge in [0.05, 0.1) is 6.42 Å². The smallest absolute Gasteiger partial charge is 0.306 e. The van der Waals surface area contributed by atoms with Crippen LogP contribution >= 0.6 is 0 Å². The van der Waals surface area contributed by atoms with E-state index in [0.29, 0.717) is 5.92 Å². The fourth-order valence-corrected chi connectivity index (χ4v) is 3.21. The monoisotopic (exact) mass is 338 g/mol. The SMILES string of the molecule is CC/C=C/[C@H](CC)C/C=C/C1(CC)CC(CC)C(CC(=O)O)OO1. The summed E-state index contributed by atoms with van der Waals surface area (Å²) in [7, 11) is 0. The van der Waals surface area contributed by atoms with Crippen molar-refractivity contribution in [2.45, 2.75) is 84.3 Å². The zero-order valence-electron chi connectivity index (χ0n) is 15.7. The summed E-state index contributed by atoms with van der Waals surface area (Å²) in [6.45, 7) is 8.53. The van der Waals surface area contributed by atoms with Crippen LogP contribution < -0.4 is 0 Å². The number of hydrogen-bond donors (Lipinski definition) is 1. The van der Waals surface area contributed by atoms with E-state index >= 15 is 0 Å². The lowest BCUT2D eigenvalue weighted by atomic mass is 9.81. The molecule has 0 aliphatic carbocycles. The number of carboxylic acid groups (broad SMARTS) is 1.